The number of hydrogen-bond acceptors (Lipinski definition) is 4. The van der Waals surface area contributed by atoms with Crippen LogP contribution >= 0.6 is 11.3 Å². The fraction of sp³-hybridized carbons (Fsp3) is 0.455. The molecule has 1 aliphatic carbocycles. The second kappa shape index (κ2) is 8.26. The molecule has 5 heteroatoms. The first-order chi connectivity index (χ1) is 12.9. The second-order valence-electron chi connectivity index (χ2n) is 7.49. The van der Waals surface area contributed by atoms with Crippen LogP contribution in [0.3, 0.4) is 0 Å². The number of anilines is 1. The Morgan fingerprint density at radius 2 is 1.89 bits per heavy atom. The zero-order valence-electron chi connectivity index (χ0n) is 16.4. The Balaban J connectivity index is 1.70. The fourth-order valence-electron chi connectivity index (χ4n) is 3.51. The lowest BCUT2D eigenvalue weighted by molar-refractivity contribution is -0.123. The van der Waals surface area contributed by atoms with Crippen molar-refractivity contribution in [2.24, 2.45) is 0 Å². The van der Waals surface area contributed by atoms with Gasteiger partial charge in [-0.2, -0.15) is 0 Å². The van der Waals surface area contributed by atoms with E-state index >= 15 is 0 Å². The number of nitrogens with one attached hydrogen (secondary N) is 1. The molecule has 1 aliphatic rings. The lowest BCUT2D eigenvalue weighted by Gasteiger charge is -2.19. The molecular formula is C22H27NO3S. The number of fused-ring (bicyclic) bond motifs is 1. The molecule has 0 aliphatic heterocycles. The van der Waals surface area contributed by atoms with E-state index in [4.69, 9.17) is 4.74 Å². The van der Waals surface area contributed by atoms with Gasteiger partial charge in [0, 0.05) is 15.9 Å². The number of carbonyl (C=O) groups is 2. The molecular weight excluding hydrogens is 358 g/mol. The quantitative estimate of drug-likeness (QED) is 0.716. The normalized spacial score (nSPS) is 14.6. The van der Waals surface area contributed by atoms with Crippen molar-refractivity contribution in [3.63, 3.8) is 0 Å². The molecule has 1 amide bonds. The summed E-state index contributed by atoms with van der Waals surface area (Å²) >= 11 is 1.62. The number of esters is 1. The van der Waals surface area contributed by atoms with E-state index in [1.54, 1.807) is 18.3 Å². The van der Waals surface area contributed by atoms with Crippen molar-refractivity contribution >= 4 is 28.9 Å². The topological polar surface area (TPSA) is 55.4 Å². The number of aryl methyl sites for hydroxylation is 2. The summed E-state index contributed by atoms with van der Waals surface area (Å²) in [6.07, 6.45) is 3.39. The lowest BCUT2D eigenvalue weighted by Crippen LogP contribution is -2.31. The maximum atomic E-state index is 12.6. The highest BCUT2D eigenvalue weighted by atomic mass is 32.1. The number of rotatable bonds is 5. The molecule has 1 aromatic carbocycles. The number of ether oxygens (including phenoxy) is 1. The predicted molar refractivity (Wildman–Crippen MR) is 110 cm³/mol. The minimum Gasteiger partial charge on any atom is -0.449 e. The minimum absolute atomic E-state index is 0.287. The van der Waals surface area contributed by atoms with E-state index in [-0.39, 0.29) is 11.8 Å². The van der Waals surface area contributed by atoms with Crippen LogP contribution in [0.2, 0.25) is 0 Å². The molecule has 27 heavy (non-hydrogen) atoms. The lowest BCUT2D eigenvalue weighted by atomic mass is 9.96. The number of thiophene rings is 1. The molecule has 4 nitrogen and oxygen atoms in total. The first-order valence-corrected chi connectivity index (χ1v) is 10.5. The van der Waals surface area contributed by atoms with Crippen molar-refractivity contribution in [1.82, 2.24) is 0 Å². The van der Waals surface area contributed by atoms with E-state index in [9.17, 15) is 9.59 Å². The molecule has 0 bridgehead atoms. The van der Waals surface area contributed by atoms with Crippen LogP contribution in [-0.2, 0) is 22.4 Å². The third-order valence-corrected chi connectivity index (χ3v) is 6.20. The summed E-state index contributed by atoms with van der Waals surface area (Å²) in [6, 6.07) is 5.97. The van der Waals surface area contributed by atoms with Crippen LogP contribution in [-0.4, -0.2) is 18.0 Å². The summed E-state index contributed by atoms with van der Waals surface area (Å²) in [7, 11) is 0. The third kappa shape index (κ3) is 4.24. The zero-order valence-corrected chi connectivity index (χ0v) is 17.2. The predicted octanol–water partition coefficient (Wildman–Crippen LogP) is 5.24. The molecule has 1 N–H and O–H groups in total. The number of amides is 1. The Hall–Kier alpha value is -2.14. The molecule has 0 spiro atoms. The van der Waals surface area contributed by atoms with Gasteiger partial charge in [0.2, 0.25) is 0 Å². The summed E-state index contributed by atoms with van der Waals surface area (Å²) in [5.74, 6) is -0.412. The maximum Gasteiger partial charge on any atom is 0.340 e. The number of hydrogen-bond donors (Lipinski definition) is 1. The SMILES string of the molecule is Cc1cccc(C(C)C)c1NC(=O)[C@H](C)OC(=O)c1csc2c1CCCC2. The van der Waals surface area contributed by atoms with Crippen LogP contribution in [0.15, 0.2) is 23.6 Å². The van der Waals surface area contributed by atoms with Gasteiger partial charge in [0.1, 0.15) is 0 Å². The third-order valence-electron chi connectivity index (χ3n) is 5.11. The summed E-state index contributed by atoms with van der Waals surface area (Å²) in [4.78, 5) is 26.5. The molecule has 1 atom stereocenters. The molecule has 144 valence electrons. The van der Waals surface area contributed by atoms with Gasteiger partial charge in [-0.15, -0.1) is 11.3 Å². The van der Waals surface area contributed by atoms with Gasteiger partial charge in [-0.1, -0.05) is 32.0 Å². The van der Waals surface area contributed by atoms with Crippen molar-refractivity contribution in [2.45, 2.75) is 65.4 Å². The standard InChI is InChI=1S/C22H27NO3S/c1-13(2)16-10-7-8-14(3)20(16)23-21(24)15(4)26-22(25)18-12-27-19-11-6-5-9-17(18)19/h7-8,10,12-13,15H,5-6,9,11H2,1-4H3,(H,23,24)/t15-/m0/s1. The maximum absolute atomic E-state index is 12.6. The van der Waals surface area contributed by atoms with E-state index in [0.29, 0.717) is 5.56 Å². The Morgan fingerprint density at radius 3 is 2.63 bits per heavy atom. The van der Waals surface area contributed by atoms with Gasteiger partial charge in [0.15, 0.2) is 6.10 Å². The Labute approximate surface area is 164 Å². The van der Waals surface area contributed by atoms with Crippen LogP contribution in [0.25, 0.3) is 0 Å². The number of benzene rings is 1. The molecule has 0 fully saturated rings. The van der Waals surface area contributed by atoms with E-state index in [1.807, 2.05) is 30.5 Å². The van der Waals surface area contributed by atoms with Crippen molar-refractivity contribution in [3.05, 3.63) is 50.7 Å². The Kier molecular flexibility index (Phi) is 6.00. The van der Waals surface area contributed by atoms with Gasteiger partial charge >= 0.3 is 5.97 Å². The number of para-hydroxylation sites is 1. The van der Waals surface area contributed by atoms with Gasteiger partial charge in [-0.25, -0.2) is 4.79 Å². The molecule has 2 aromatic rings. The van der Waals surface area contributed by atoms with Crippen molar-refractivity contribution in [3.8, 4) is 0 Å². The van der Waals surface area contributed by atoms with Crippen molar-refractivity contribution in [1.29, 1.82) is 0 Å². The highest BCUT2D eigenvalue weighted by Gasteiger charge is 2.25. The average Bonchev–Trinajstić information content (AvgIpc) is 3.07. The highest BCUT2D eigenvalue weighted by molar-refractivity contribution is 7.10. The van der Waals surface area contributed by atoms with Crippen LogP contribution < -0.4 is 5.32 Å². The highest BCUT2D eigenvalue weighted by Crippen LogP contribution is 2.31. The Bertz CT molecular complexity index is 853. The van der Waals surface area contributed by atoms with Gasteiger partial charge in [-0.05, 0) is 62.1 Å². The Morgan fingerprint density at radius 1 is 1.15 bits per heavy atom. The van der Waals surface area contributed by atoms with Crippen molar-refractivity contribution < 1.29 is 14.3 Å². The molecule has 0 saturated heterocycles. The van der Waals surface area contributed by atoms with Crippen LogP contribution in [0.4, 0.5) is 5.69 Å². The number of carbonyl (C=O) groups excluding carboxylic acids is 2. The summed E-state index contributed by atoms with van der Waals surface area (Å²) in [6.45, 7) is 7.77. The van der Waals surface area contributed by atoms with Crippen LogP contribution in [0.5, 0.6) is 0 Å². The van der Waals surface area contributed by atoms with Gasteiger partial charge < -0.3 is 10.1 Å². The first kappa shape index (κ1) is 19.6. The van der Waals surface area contributed by atoms with Gasteiger partial charge in [-0.3, -0.25) is 4.79 Å². The van der Waals surface area contributed by atoms with E-state index in [0.717, 1.165) is 41.6 Å². The minimum atomic E-state index is -0.851. The van der Waals surface area contributed by atoms with E-state index < -0.39 is 12.1 Å². The van der Waals surface area contributed by atoms with E-state index in [1.165, 1.54) is 11.3 Å². The van der Waals surface area contributed by atoms with Gasteiger partial charge in [0.25, 0.3) is 5.91 Å². The fourth-order valence-corrected chi connectivity index (χ4v) is 4.62. The summed E-state index contributed by atoms with van der Waals surface area (Å²) in [5.41, 5.74) is 4.64. The van der Waals surface area contributed by atoms with Crippen LogP contribution in [0, 0.1) is 6.92 Å². The van der Waals surface area contributed by atoms with Crippen molar-refractivity contribution in [2.75, 3.05) is 5.32 Å². The summed E-state index contributed by atoms with van der Waals surface area (Å²) < 4.78 is 5.49. The molecule has 1 aromatic heterocycles. The summed E-state index contributed by atoms with van der Waals surface area (Å²) in [5, 5.41) is 4.84. The van der Waals surface area contributed by atoms with E-state index in [2.05, 4.69) is 19.2 Å². The smallest absolute Gasteiger partial charge is 0.340 e. The molecule has 3 rings (SSSR count). The first-order valence-electron chi connectivity index (χ1n) is 9.59. The average molecular weight is 386 g/mol. The monoisotopic (exact) mass is 385 g/mol. The second-order valence-corrected chi connectivity index (χ2v) is 8.45. The zero-order chi connectivity index (χ0) is 19.6. The van der Waals surface area contributed by atoms with Gasteiger partial charge in [0.05, 0.1) is 5.56 Å². The molecule has 0 saturated carbocycles. The largest absolute Gasteiger partial charge is 0.449 e. The molecule has 0 unspecified atom stereocenters. The molecule has 0 radical (unpaired) electrons. The molecule has 1 heterocycles. The van der Waals surface area contributed by atoms with Crippen LogP contribution in [0.1, 0.15) is 71.5 Å².